The number of fused-ring (bicyclic) bond motifs is 6. The van der Waals surface area contributed by atoms with Crippen LogP contribution in [0.5, 0.6) is 0 Å². The molecule has 0 fully saturated rings. The fraction of sp³-hybridized carbons (Fsp3) is 0.0377. The summed E-state index contributed by atoms with van der Waals surface area (Å²) in [5.74, 6) is 1.87. The molecule has 0 N–H and O–H groups in total. The van der Waals surface area contributed by atoms with E-state index in [0.717, 1.165) is 60.8 Å². The Hall–Kier alpha value is -7.63. The lowest BCUT2D eigenvalue weighted by Gasteiger charge is -2.12. The van der Waals surface area contributed by atoms with E-state index in [-0.39, 0.29) is 0 Å². The molecule has 0 aliphatic heterocycles. The average molecular weight is 744 g/mol. The summed E-state index contributed by atoms with van der Waals surface area (Å²) >= 11 is 0. The minimum absolute atomic E-state index is 0.584. The van der Waals surface area contributed by atoms with Gasteiger partial charge in [0.2, 0.25) is 5.95 Å². The van der Waals surface area contributed by atoms with Crippen LogP contribution in [0, 0.1) is 13.8 Å². The Balaban J connectivity index is 1.14. The first-order valence-electron chi connectivity index (χ1n) is 19.7. The third-order valence-electron chi connectivity index (χ3n) is 11.3. The summed E-state index contributed by atoms with van der Waals surface area (Å²) in [6.45, 7) is 4.19. The molecular formula is C53H37N5. The number of para-hydroxylation sites is 1. The number of benzene rings is 8. The van der Waals surface area contributed by atoms with E-state index in [1.54, 1.807) is 0 Å². The van der Waals surface area contributed by atoms with Crippen LogP contribution in [0.4, 0.5) is 0 Å². The van der Waals surface area contributed by atoms with Crippen LogP contribution in [0.3, 0.4) is 0 Å². The van der Waals surface area contributed by atoms with Crippen molar-refractivity contribution >= 4 is 43.6 Å². The van der Waals surface area contributed by atoms with Crippen molar-refractivity contribution in [3.63, 3.8) is 0 Å². The van der Waals surface area contributed by atoms with E-state index in [9.17, 15) is 0 Å². The first kappa shape index (κ1) is 33.7. The highest BCUT2D eigenvalue weighted by Crippen LogP contribution is 2.39. The van der Waals surface area contributed by atoms with E-state index in [1.807, 2.05) is 0 Å². The molecule has 0 amide bonds. The fourth-order valence-electron chi connectivity index (χ4n) is 8.53. The van der Waals surface area contributed by atoms with Crippen LogP contribution in [0.2, 0.25) is 0 Å². The third-order valence-corrected chi connectivity index (χ3v) is 11.3. The summed E-state index contributed by atoms with van der Waals surface area (Å²) in [5, 5.41) is 4.69. The second-order valence-electron chi connectivity index (χ2n) is 15.1. The van der Waals surface area contributed by atoms with E-state index in [2.05, 4.69) is 211 Å². The van der Waals surface area contributed by atoms with Gasteiger partial charge in [0.15, 0.2) is 11.6 Å². The maximum atomic E-state index is 5.19. The monoisotopic (exact) mass is 743 g/mol. The predicted molar refractivity (Wildman–Crippen MR) is 240 cm³/mol. The van der Waals surface area contributed by atoms with Crippen molar-refractivity contribution in [1.82, 2.24) is 24.1 Å². The topological polar surface area (TPSA) is 48.5 Å². The van der Waals surface area contributed by atoms with Gasteiger partial charge in [0.1, 0.15) is 0 Å². The molecule has 0 spiro atoms. The van der Waals surface area contributed by atoms with Crippen molar-refractivity contribution < 1.29 is 0 Å². The van der Waals surface area contributed by atoms with Crippen LogP contribution < -0.4 is 0 Å². The molecule has 0 saturated heterocycles. The standard InChI is InChI=1S/C53H37N5/c1-34-13-11-19-40(29-34)51-54-52(41-20-12-14-35(2)30-41)56-53(55-51)58-47-22-10-9-21-43(47)46-33-42(25-28-50(46)58)57-48-26-23-38(36-15-5-3-6-16-36)31-44(48)45-32-39(24-27-49(45)57)37-17-7-4-8-18-37/h3-33H,1-2H3. The summed E-state index contributed by atoms with van der Waals surface area (Å²) in [7, 11) is 0. The number of hydrogen-bond acceptors (Lipinski definition) is 3. The quantitative estimate of drug-likeness (QED) is 0.170. The maximum Gasteiger partial charge on any atom is 0.238 e. The zero-order chi connectivity index (χ0) is 38.7. The van der Waals surface area contributed by atoms with Crippen LogP contribution >= 0.6 is 0 Å². The van der Waals surface area contributed by atoms with Gasteiger partial charge in [0, 0.05) is 38.4 Å². The highest BCUT2D eigenvalue weighted by Gasteiger charge is 2.20. The van der Waals surface area contributed by atoms with Crippen molar-refractivity contribution in [2.24, 2.45) is 0 Å². The van der Waals surface area contributed by atoms with Crippen molar-refractivity contribution in [3.8, 4) is 56.7 Å². The van der Waals surface area contributed by atoms with Gasteiger partial charge in [-0.1, -0.05) is 139 Å². The fourth-order valence-corrected chi connectivity index (χ4v) is 8.53. The minimum atomic E-state index is 0.584. The second-order valence-corrected chi connectivity index (χ2v) is 15.1. The summed E-state index contributed by atoms with van der Waals surface area (Å²) in [6.07, 6.45) is 0. The first-order chi connectivity index (χ1) is 28.6. The van der Waals surface area contributed by atoms with Crippen molar-refractivity contribution in [1.29, 1.82) is 0 Å². The first-order valence-corrected chi connectivity index (χ1v) is 19.7. The van der Waals surface area contributed by atoms with E-state index >= 15 is 0 Å². The Kier molecular flexibility index (Phi) is 7.86. The molecule has 11 aromatic rings. The van der Waals surface area contributed by atoms with Gasteiger partial charge in [-0.2, -0.15) is 9.97 Å². The molecule has 0 unspecified atom stereocenters. The molecule has 3 heterocycles. The van der Waals surface area contributed by atoms with E-state index < -0.39 is 0 Å². The molecule has 8 aromatic carbocycles. The van der Waals surface area contributed by atoms with Crippen molar-refractivity contribution in [3.05, 3.63) is 199 Å². The SMILES string of the molecule is Cc1cccc(-c2nc(-c3cccc(C)c3)nc(-n3c4ccccc4c4cc(-n5c6ccc(-c7ccccc7)cc6c6cc(-c7ccccc7)ccc65)ccc43)n2)c1. The van der Waals surface area contributed by atoms with Gasteiger partial charge >= 0.3 is 0 Å². The van der Waals surface area contributed by atoms with E-state index in [4.69, 9.17) is 15.0 Å². The van der Waals surface area contributed by atoms with E-state index in [0.29, 0.717) is 17.6 Å². The van der Waals surface area contributed by atoms with Crippen LogP contribution in [0.1, 0.15) is 11.1 Å². The number of hydrogen-bond donors (Lipinski definition) is 0. The minimum Gasteiger partial charge on any atom is -0.309 e. The number of rotatable bonds is 6. The Morgan fingerprint density at radius 3 is 1.34 bits per heavy atom. The highest BCUT2D eigenvalue weighted by molar-refractivity contribution is 6.13. The molecule has 5 heteroatoms. The Labute approximate surface area is 336 Å². The molecule has 0 aliphatic rings. The van der Waals surface area contributed by atoms with Gasteiger partial charge in [-0.05, 0) is 96.8 Å². The van der Waals surface area contributed by atoms with Crippen LogP contribution in [-0.4, -0.2) is 24.1 Å². The predicted octanol–water partition coefficient (Wildman–Crippen LogP) is 13.4. The second kappa shape index (κ2) is 13.5. The summed E-state index contributed by atoms with van der Waals surface area (Å²) in [5.41, 5.74) is 14.5. The van der Waals surface area contributed by atoms with Crippen LogP contribution in [0.25, 0.3) is 100 Å². The number of aromatic nitrogens is 5. The van der Waals surface area contributed by atoms with Gasteiger partial charge in [0.25, 0.3) is 0 Å². The maximum absolute atomic E-state index is 5.19. The molecule has 0 saturated carbocycles. The lowest BCUT2D eigenvalue weighted by Crippen LogP contribution is -2.06. The molecule has 0 atom stereocenters. The third kappa shape index (κ3) is 5.67. The largest absolute Gasteiger partial charge is 0.309 e. The molecule has 5 nitrogen and oxygen atoms in total. The molecule has 0 bridgehead atoms. The Morgan fingerprint density at radius 1 is 0.310 bits per heavy atom. The summed E-state index contributed by atoms with van der Waals surface area (Å²) in [4.78, 5) is 15.4. The lowest BCUT2D eigenvalue weighted by molar-refractivity contribution is 0.953. The van der Waals surface area contributed by atoms with Gasteiger partial charge in [-0.3, -0.25) is 4.57 Å². The van der Waals surface area contributed by atoms with E-state index in [1.165, 1.54) is 33.0 Å². The van der Waals surface area contributed by atoms with Crippen molar-refractivity contribution in [2.75, 3.05) is 0 Å². The van der Waals surface area contributed by atoms with Gasteiger partial charge < -0.3 is 4.57 Å². The van der Waals surface area contributed by atoms with Crippen LogP contribution in [0.15, 0.2) is 188 Å². The summed E-state index contributed by atoms with van der Waals surface area (Å²) in [6, 6.07) is 67.1. The molecule has 274 valence electrons. The van der Waals surface area contributed by atoms with Gasteiger partial charge in [-0.25, -0.2) is 4.98 Å². The van der Waals surface area contributed by atoms with Gasteiger partial charge in [-0.15, -0.1) is 0 Å². The normalized spacial score (nSPS) is 11.6. The van der Waals surface area contributed by atoms with Gasteiger partial charge in [0.05, 0.1) is 22.1 Å². The molecule has 11 rings (SSSR count). The number of aryl methyl sites for hydroxylation is 2. The molecule has 58 heavy (non-hydrogen) atoms. The molecular weight excluding hydrogens is 707 g/mol. The zero-order valence-corrected chi connectivity index (χ0v) is 32.1. The zero-order valence-electron chi connectivity index (χ0n) is 32.1. The highest BCUT2D eigenvalue weighted by atomic mass is 15.2. The molecule has 0 radical (unpaired) electrons. The number of nitrogens with zero attached hydrogens (tertiary/aromatic N) is 5. The Morgan fingerprint density at radius 2 is 0.776 bits per heavy atom. The Bertz CT molecular complexity index is 3200. The lowest BCUT2D eigenvalue weighted by atomic mass is 10.0. The smallest absolute Gasteiger partial charge is 0.238 e. The summed E-state index contributed by atoms with van der Waals surface area (Å²) < 4.78 is 4.60. The molecule has 0 aliphatic carbocycles. The average Bonchev–Trinajstić information content (AvgIpc) is 3.78. The van der Waals surface area contributed by atoms with Crippen molar-refractivity contribution in [2.45, 2.75) is 13.8 Å². The molecule has 3 aromatic heterocycles. The van der Waals surface area contributed by atoms with Crippen LogP contribution in [-0.2, 0) is 0 Å².